The molecule has 0 aromatic carbocycles. The van der Waals surface area contributed by atoms with Gasteiger partial charge < -0.3 is 142 Å². The number of urea groups is 1. The quantitative estimate of drug-likeness (QED) is 0.00968. The Morgan fingerprint density at radius 2 is 0.907 bits per heavy atom. The van der Waals surface area contributed by atoms with Gasteiger partial charge in [-0.1, -0.05) is 13.3 Å². The van der Waals surface area contributed by atoms with Gasteiger partial charge in [-0.3, -0.25) is 59.3 Å². The van der Waals surface area contributed by atoms with Crippen molar-refractivity contribution in [3.05, 3.63) is 0 Å². The molecule has 0 spiro atoms. The van der Waals surface area contributed by atoms with E-state index in [1.165, 1.54) is 14.0 Å². The van der Waals surface area contributed by atoms with Gasteiger partial charge in [0.1, 0.15) is 91.6 Å². The molecule has 0 aliphatic carbocycles. The molecule has 28 atom stereocenters. The number of nitrogens with one attached hydrogen (secondary N) is 3. The van der Waals surface area contributed by atoms with E-state index in [1.807, 2.05) is 0 Å². The van der Waals surface area contributed by atoms with Gasteiger partial charge in [0.2, 0.25) is 26.7 Å². The predicted molar refractivity (Wildman–Crippen MR) is 314 cm³/mol. The highest BCUT2D eigenvalue weighted by molar-refractivity contribution is 8.00. The number of fused-ring (bicyclic) bond motifs is 1. The van der Waals surface area contributed by atoms with Crippen molar-refractivity contribution in [2.24, 2.45) is 5.92 Å². The lowest BCUT2D eigenvalue weighted by Crippen LogP contribution is -2.70. The van der Waals surface area contributed by atoms with E-state index in [0.717, 1.165) is 35.5 Å². The molecule has 7 saturated heterocycles. The highest BCUT2D eigenvalue weighted by Crippen LogP contribution is 2.43. The molecule has 3 N–H and O–H groups in total. The minimum Gasteiger partial charge on any atom is -0.726 e. The molecule has 60 heteroatoms. The van der Waals surface area contributed by atoms with Crippen LogP contribution in [0.3, 0.4) is 0 Å². The monoisotopic (exact) mass is 1710 g/mol. The number of rotatable bonds is 49. The smallest absolute Gasteiger partial charge is 0.315 e. The average molecular weight is 1720 g/mol. The number of hydrogen-bond acceptors (Lipinski definition) is 55. The zero-order valence-corrected chi connectivity index (χ0v) is 62.1. The molecule has 7 heterocycles. The Morgan fingerprint density at radius 3 is 1.36 bits per heavy atom. The fraction of sp³-hybridized carbons (Fsp3) is 0.915. The Kier molecular flexibility index (Phi) is 39.7. The minimum absolute atomic E-state index is 0.0448. The predicted octanol–water partition coefficient (Wildman–Crippen LogP) is -10.3. The zero-order chi connectivity index (χ0) is 78.1. The molecule has 7 rings (SSSR count). The molecule has 7 aliphatic rings. The van der Waals surface area contributed by atoms with E-state index in [-0.39, 0.29) is 91.4 Å². The normalized spacial score (nSPS) is 36.9. The highest BCUT2D eigenvalue weighted by atomic mass is 32.3. The highest BCUT2D eigenvalue weighted by Gasteiger charge is 2.61. The van der Waals surface area contributed by atoms with Crippen LogP contribution >= 0.6 is 73.4 Å². The standard InChI is InChI=1S/C47H77N3O49S8/c1-16-23(49-22(51)11-9-8-10-21-24-17(15-100-21)48-47(56)50-24)42(77-19(25(16)68-2)13-75-106(62,63)64)82-30-28(69-3)36(71-5)45(84-34(30)40(52)53)81-27-20(14-76-107(65,66)67)79-46(39(89-105-99-94-61)33(27)87-103-97-92-59)83-31-29(70-4)37(72-6)44(85-35(31)41(54)55)80-26-18(12-74-101-95-90-57)78-43(73-7)38(88-104-98-93-60)32(26)86-102-96-91-58/h16-21,23-39,42-46,57-61H,8-15H2,1-7H3,(H,49,51)(H,52,53)(H,54,55)(H2,48,50,56)(H,62,63,64)(H,65,66,67)/p-9/t16-,17?,18?,19?,20+,21?,23?,24?,25?,26-,27-,28+,29?,30+,31+,32+,33?,34?,35-,36?,37?,38?,39?,42+,43+,44+,45-,46-/m1/s1. The fourth-order valence-corrected chi connectivity index (χ4v) is 16.3. The summed E-state index contributed by atoms with van der Waals surface area (Å²) in [5.74, 6) is -5.28. The zero-order valence-electron chi connectivity index (χ0n) is 55.6. The number of carboxylic acid groups (broad SMARTS) is 2. The second-order valence-electron chi connectivity index (χ2n) is 22.5. The third kappa shape index (κ3) is 26.1. The van der Waals surface area contributed by atoms with Crippen molar-refractivity contribution >= 4 is 118 Å². The molecule has 7 fully saturated rings. The van der Waals surface area contributed by atoms with Crippen molar-refractivity contribution in [1.29, 1.82) is 0 Å². The first-order chi connectivity index (χ1) is 51.3. The SMILES string of the molecule is COC1C(OC)[C@H](O[C@H]2O[C@@H](COS(=O)(=O)[O-])[C@@H](O[C@@H]3OC(C(=O)[O-])[C@@H](O[C@@H]4OC(COS(=O)(=O)[O-])C(OC)[C@H](C)C4NC(=O)CCCCC4SCC5NC(=O)NC54)[C@H](OC)C3OC)C(OSOO[O-])C2OSOO[O-])[C@H](C(=O)[O-])O[C@@H]1O[C@@H]1C(COSOO[O-])O[C@H](OC)C(OSOO[O-])[C@H]1OSOO[O-]. The van der Waals surface area contributed by atoms with Crippen LogP contribution in [0.2, 0.25) is 0 Å². The summed E-state index contributed by atoms with van der Waals surface area (Å²) in [7, 11) is -5.14. The van der Waals surface area contributed by atoms with E-state index in [9.17, 15) is 81.6 Å². The Balaban J connectivity index is 1.21. The van der Waals surface area contributed by atoms with Crippen molar-refractivity contribution in [3.8, 4) is 0 Å². The van der Waals surface area contributed by atoms with Gasteiger partial charge >= 0.3 is 6.03 Å². The van der Waals surface area contributed by atoms with Crippen LogP contribution in [-0.2, 0) is 182 Å². The fourth-order valence-electron chi connectivity index (χ4n) is 12.4. The molecule has 107 heavy (non-hydrogen) atoms. The van der Waals surface area contributed by atoms with Crippen LogP contribution in [0.1, 0.15) is 32.6 Å². The average Bonchev–Trinajstić information content (AvgIpc) is 1.50. The molecule has 7 aliphatic heterocycles. The van der Waals surface area contributed by atoms with E-state index in [4.69, 9.17) is 92.0 Å². The van der Waals surface area contributed by atoms with Crippen LogP contribution in [0.25, 0.3) is 0 Å². The van der Waals surface area contributed by atoms with Crippen LogP contribution in [-0.4, -0.2) is 283 Å². The van der Waals surface area contributed by atoms with Crippen LogP contribution in [0.4, 0.5) is 4.79 Å². The summed E-state index contributed by atoms with van der Waals surface area (Å²) in [5, 5.41) is 107. The maximum Gasteiger partial charge on any atom is 0.315 e. The van der Waals surface area contributed by atoms with Crippen molar-refractivity contribution in [2.75, 3.05) is 68.2 Å². The molecule has 0 bridgehead atoms. The number of carbonyl (C=O) groups is 4. The third-order valence-corrected chi connectivity index (χ3v) is 21.1. The molecular formula is C47H68N3O49S8-9. The Hall–Kier alpha value is -1.88. The molecule has 0 radical (unpaired) electrons. The number of thioether (sulfide) groups is 1. The van der Waals surface area contributed by atoms with Gasteiger partial charge in [-0.15, -0.1) is 21.7 Å². The molecule has 0 aromatic heterocycles. The van der Waals surface area contributed by atoms with E-state index < -0.39 is 212 Å². The molecule has 622 valence electrons. The van der Waals surface area contributed by atoms with Crippen molar-refractivity contribution < 1.29 is 229 Å². The maximum absolute atomic E-state index is 13.9. The van der Waals surface area contributed by atoms with Gasteiger partial charge in [0.05, 0.1) is 56.0 Å². The Labute approximate surface area is 631 Å². The number of carbonyl (C=O) groups excluding carboxylic acids is 4. The van der Waals surface area contributed by atoms with Crippen molar-refractivity contribution in [2.45, 2.75) is 197 Å². The van der Waals surface area contributed by atoms with Gasteiger partial charge in [0.25, 0.3) is 0 Å². The molecule has 3 amide bonds. The first-order valence-electron chi connectivity index (χ1n) is 30.3. The van der Waals surface area contributed by atoms with Crippen LogP contribution in [0.15, 0.2) is 0 Å². The van der Waals surface area contributed by atoms with Gasteiger partial charge in [0, 0.05) is 66.0 Å². The largest absolute Gasteiger partial charge is 0.726 e. The van der Waals surface area contributed by atoms with Gasteiger partial charge in [0.15, 0.2) is 105 Å². The number of amides is 3. The first-order valence-corrected chi connectivity index (χ1v) is 37.4. The number of methoxy groups -OCH3 is 6. The minimum atomic E-state index is -5.85. The van der Waals surface area contributed by atoms with E-state index >= 15 is 0 Å². The van der Waals surface area contributed by atoms with Crippen molar-refractivity contribution in [3.63, 3.8) is 0 Å². The van der Waals surface area contributed by atoms with Gasteiger partial charge in [-0.25, -0.2) is 21.6 Å². The van der Waals surface area contributed by atoms with Crippen LogP contribution < -0.4 is 52.4 Å². The molecular weight excluding hydrogens is 1650 g/mol. The number of aliphatic carboxylic acids is 2. The number of unbranched alkanes of at least 4 members (excludes halogenated alkanes) is 1. The van der Waals surface area contributed by atoms with Crippen LogP contribution in [0.5, 0.6) is 0 Å². The Morgan fingerprint density at radius 1 is 0.495 bits per heavy atom. The summed E-state index contributed by atoms with van der Waals surface area (Å²) in [6.45, 7) is -1.81. The Bertz CT molecular complexity index is 2910. The summed E-state index contributed by atoms with van der Waals surface area (Å²) in [5.41, 5.74) is 0. The lowest BCUT2D eigenvalue weighted by Gasteiger charge is -2.52. The van der Waals surface area contributed by atoms with Gasteiger partial charge in [-0.2, -0.15) is 11.8 Å². The summed E-state index contributed by atoms with van der Waals surface area (Å²) < 4.78 is 220. The number of hydrogen-bond donors (Lipinski definition) is 3. The summed E-state index contributed by atoms with van der Waals surface area (Å²) in [6, 6.07) is -1.84. The van der Waals surface area contributed by atoms with Gasteiger partial charge in [-0.05, 0) is 12.8 Å². The summed E-state index contributed by atoms with van der Waals surface area (Å²) in [6.07, 6.45) is -44.9. The number of ether oxygens (including phenoxy) is 15. The van der Waals surface area contributed by atoms with Crippen LogP contribution in [0, 0.1) is 5.92 Å². The van der Waals surface area contributed by atoms with E-state index in [1.54, 1.807) is 11.8 Å². The molecule has 0 saturated carbocycles. The second-order valence-corrected chi connectivity index (χ2v) is 28.3. The molecule has 52 nitrogen and oxygen atoms in total. The number of carboxylic acids is 2. The molecule has 14 unspecified atom stereocenters. The topological polar surface area (TPSA) is 676 Å². The second kappa shape index (κ2) is 46.0. The lowest BCUT2D eigenvalue weighted by molar-refractivity contribution is -0.778. The van der Waals surface area contributed by atoms with E-state index in [0.29, 0.717) is 25.0 Å². The van der Waals surface area contributed by atoms with Crippen molar-refractivity contribution in [1.82, 2.24) is 16.0 Å². The summed E-state index contributed by atoms with van der Waals surface area (Å²) >= 11 is 0.523. The molecule has 0 aromatic rings. The third-order valence-electron chi connectivity index (χ3n) is 16.8. The summed E-state index contributed by atoms with van der Waals surface area (Å²) in [4.78, 5) is 52.9. The lowest BCUT2D eigenvalue weighted by atomic mass is 9.88. The van der Waals surface area contributed by atoms with E-state index in [2.05, 4.69) is 71.2 Å². The maximum atomic E-state index is 13.9. The first kappa shape index (κ1) is 92.3.